The van der Waals surface area contributed by atoms with Crippen LogP contribution in [0, 0.1) is 55.4 Å². The van der Waals surface area contributed by atoms with Crippen LogP contribution in [0.5, 0.6) is 0 Å². The van der Waals surface area contributed by atoms with Crippen LogP contribution in [0.4, 0.5) is 0 Å². The molecule has 0 atom stereocenters. The van der Waals surface area contributed by atoms with E-state index in [9.17, 15) is 0 Å². The van der Waals surface area contributed by atoms with E-state index in [4.69, 9.17) is 0 Å². The van der Waals surface area contributed by atoms with E-state index >= 15 is 0 Å². The van der Waals surface area contributed by atoms with Crippen LogP contribution in [-0.4, -0.2) is 18.7 Å². The highest BCUT2D eigenvalue weighted by molar-refractivity contribution is 5.74. The van der Waals surface area contributed by atoms with Gasteiger partial charge in [-0.2, -0.15) is 4.68 Å². The lowest BCUT2D eigenvalue weighted by molar-refractivity contribution is -0.745. The molecule has 0 N–H and O–H groups in total. The van der Waals surface area contributed by atoms with Gasteiger partial charge in [0, 0.05) is 54.6 Å². The third-order valence-corrected chi connectivity index (χ3v) is 26.8. The molecule has 0 unspecified atom stereocenters. The maximum Gasteiger partial charge on any atom is 0.242 e. The smallest absolute Gasteiger partial charge is 0.155 e. The highest BCUT2D eigenvalue weighted by Gasteiger charge is 2.57. The summed E-state index contributed by atoms with van der Waals surface area (Å²) in [4.78, 5) is 0. The Hall–Kier alpha value is -8.62. The largest absolute Gasteiger partial charge is 0.242 e. The van der Waals surface area contributed by atoms with Crippen LogP contribution in [0.15, 0.2) is 164 Å². The molecule has 4 aliphatic rings. The molecular weight excluding hydrogens is 1230 g/mol. The molecule has 0 saturated carbocycles. The van der Waals surface area contributed by atoms with E-state index in [0.717, 1.165) is 0 Å². The Bertz CT molecular complexity index is 5060. The van der Waals surface area contributed by atoms with E-state index in [1.807, 2.05) is 0 Å². The molecule has 8 heterocycles. The summed E-state index contributed by atoms with van der Waals surface area (Å²) in [6, 6.07) is 53.7. The minimum atomic E-state index is -0.0128. The first kappa shape index (κ1) is 72.2. The number of rotatable bonds is 4. The number of para-hydroxylation sites is 4. The average molecular weight is 1350 g/mol. The topological polar surface area (TPSA) is 35.2 Å². The van der Waals surface area contributed by atoms with E-state index < -0.39 is 0 Å². The first-order chi connectivity index (χ1) is 47.0. The van der Waals surface area contributed by atoms with Gasteiger partial charge in [0.1, 0.15) is 34.1 Å². The van der Waals surface area contributed by atoms with Gasteiger partial charge < -0.3 is 0 Å². The van der Waals surface area contributed by atoms with Gasteiger partial charge in [-0.25, -0.2) is 0 Å². The van der Waals surface area contributed by atoms with Crippen LogP contribution < -0.4 is 18.7 Å². The summed E-state index contributed by atoms with van der Waals surface area (Å²) >= 11 is 0. The molecule has 11 aromatic rings. The molecule has 4 aromatic heterocycles. The van der Waals surface area contributed by atoms with Crippen molar-refractivity contribution < 1.29 is 18.7 Å². The Kier molecular flexibility index (Phi) is 17.5. The molecule has 4 aliphatic heterocycles. The number of aryl methyl sites for hydroxylation is 9. The van der Waals surface area contributed by atoms with Crippen LogP contribution in [-0.2, 0) is 71.5 Å². The van der Waals surface area contributed by atoms with Crippen LogP contribution in [0.1, 0.15) is 226 Å². The molecule has 0 aliphatic carbocycles. The summed E-state index contributed by atoms with van der Waals surface area (Å²) in [6.07, 6.45) is 6.89. The maximum absolute atomic E-state index is 2.45. The fourth-order valence-electron chi connectivity index (χ4n) is 18.0. The van der Waals surface area contributed by atoms with E-state index in [0.29, 0.717) is 5.92 Å². The highest BCUT2D eigenvalue weighted by Crippen LogP contribution is 2.56. The van der Waals surface area contributed by atoms with Crippen molar-refractivity contribution in [2.24, 2.45) is 28.2 Å². The van der Waals surface area contributed by atoms with Crippen molar-refractivity contribution in [2.45, 2.75) is 229 Å². The second-order valence-corrected chi connectivity index (χ2v) is 35.1. The zero-order valence-electron chi connectivity index (χ0n) is 67.2. The zero-order chi connectivity index (χ0) is 73.9. The van der Waals surface area contributed by atoms with Gasteiger partial charge in [-0.15, -0.1) is 28.1 Å². The number of benzene rings is 7. The predicted octanol–water partition coefficient (Wildman–Crippen LogP) is 20.1. The average Bonchev–Trinajstić information content (AvgIpc) is 1.66. The fourth-order valence-corrected chi connectivity index (χ4v) is 18.0. The molecular formula is C93H118N8+4. The third-order valence-electron chi connectivity index (χ3n) is 26.8. The van der Waals surface area contributed by atoms with Crippen LogP contribution in [0.3, 0.4) is 0 Å². The van der Waals surface area contributed by atoms with Gasteiger partial charge in [-0.3, -0.25) is 0 Å². The number of nitrogens with zero attached hydrogens (tertiary/aromatic N) is 8. The normalized spacial score (nSPS) is 17.1. The molecule has 101 heavy (non-hydrogen) atoms. The molecule has 526 valence electrons. The maximum atomic E-state index is 2.45. The minimum absolute atomic E-state index is 0.000226. The van der Waals surface area contributed by atoms with Crippen molar-refractivity contribution in [1.29, 1.82) is 0 Å². The molecule has 0 fully saturated rings. The summed E-state index contributed by atoms with van der Waals surface area (Å²) in [7, 11) is 8.66. The second kappa shape index (κ2) is 24.5. The van der Waals surface area contributed by atoms with Gasteiger partial charge in [0.15, 0.2) is 21.1 Å². The lowest BCUT2D eigenvalue weighted by atomic mass is 9.59. The number of fused-ring (bicyclic) bond motifs is 12. The SMILES string of the molecule is Cc1cc(C)cc(-c2c[n+](C)n3c2C(C)(C)C(C)(C)c2cccc(C)c2-3)c1.Cc1cccc2c1-[n+]1c(c(C)c(C)n1C)C(C)(C)C2(C)C.Cc1cccc2c1-n1c(c(-c3ccc(C(C)C)cc3)c[n+]1C)C(C)(C)C2(C)C.Cc1cccc2c1-n1c(c(-c3ccccc3)c[n+]1C)C(C)(C)C2(C)C. The van der Waals surface area contributed by atoms with Crippen LogP contribution in [0.2, 0.25) is 0 Å². The quantitative estimate of drug-likeness (QED) is 0.157. The van der Waals surface area contributed by atoms with Crippen molar-refractivity contribution in [3.63, 3.8) is 0 Å². The van der Waals surface area contributed by atoms with E-state index in [-0.39, 0.29) is 43.3 Å². The van der Waals surface area contributed by atoms with Gasteiger partial charge in [0.25, 0.3) is 0 Å². The van der Waals surface area contributed by atoms with Crippen molar-refractivity contribution in [3.8, 4) is 56.1 Å². The molecule has 0 saturated heterocycles. The molecule has 8 heteroatoms. The molecule has 0 spiro atoms. The first-order valence-electron chi connectivity index (χ1n) is 37.1. The van der Waals surface area contributed by atoms with Gasteiger partial charge in [-0.1, -0.05) is 272 Å². The predicted molar refractivity (Wildman–Crippen MR) is 420 cm³/mol. The minimum Gasteiger partial charge on any atom is -0.155 e. The lowest BCUT2D eigenvalue weighted by Gasteiger charge is -2.46. The molecule has 0 amide bonds. The Morgan fingerprint density at radius 2 is 0.673 bits per heavy atom. The van der Waals surface area contributed by atoms with Crippen LogP contribution >= 0.6 is 0 Å². The zero-order valence-corrected chi connectivity index (χ0v) is 67.2. The van der Waals surface area contributed by atoms with Crippen molar-refractivity contribution >= 4 is 0 Å². The van der Waals surface area contributed by atoms with E-state index in [2.05, 4.69) is 410 Å². The molecule has 0 bridgehead atoms. The summed E-state index contributed by atoms with van der Waals surface area (Å²) in [5.41, 5.74) is 37.1. The summed E-state index contributed by atoms with van der Waals surface area (Å²) in [5.74, 6) is 0.554. The Morgan fingerprint density at radius 1 is 0.337 bits per heavy atom. The van der Waals surface area contributed by atoms with Gasteiger partial charge in [0.05, 0.1) is 34.8 Å². The van der Waals surface area contributed by atoms with Gasteiger partial charge in [0.2, 0.25) is 30.0 Å². The number of hydrogen-bond donors (Lipinski definition) is 0. The summed E-state index contributed by atoms with van der Waals surface area (Å²) < 4.78 is 18.9. The Labute approximate surface area is 606 Å². The van der Waals surface area contributed by atoms with E-state index in [1.165, 1.54) is 151 Å². The standard InChI is InChI=1S/C26H33N2.C25H31N2.C23H27N2.C19H27N2/c1-17(2)19-12-14-20(15-13-19)21-16-27(8)28-23-18(3)10-9-11-22(23)25(4,5)26(6,7)24(21)28;1-16-12-17(2)14-19(13-16)20-15-26(8)27-22-18(3)10-9-11-21(22)24(4,5)25(6,7)23(20)27;1-16-11-10-14-19-20(16)25-21(23(4,5)22(19,2)3)18(15-24(25)6)17-12-8-7-9-13-17;1-12-10-9-11-15-16(12)21-17(13(2)14(3)20(21)8)19(6,7)18(15,4)5/h9-17H,1-8H3;9-15H,1-8H3;7-15H,1-6H3;9-11H,1-8H3/q4*+1. The first-order valence-corrected chi connectivity index (χ1v) is 37.1. The highest BCUT2D eigenvalue weighted by atomic mass is 15.4. The molecule has 8 nitrogen and oxygen atoms in total. The van der Waals surface area contributed by atoms with Gasteiger partial charge in [-0.05, 0) is 131 Å². The summed E-state index contributed by atoms with van der Waals surface area (Å²) in [6.45, 7) is 60.5. The van der Waals surface area contributed by atoms with Crippen LogP contribution in [0.25, 0.3) is 56.1 Å². The van der Waals surface area contributed by atoms with Crippen molar-refractivity contribution in [1.82, 2.24) is 18.7 Å². The Balaban J connectivity index is 0.000000128. The van der Waals surface area contributed by atoms with Crippen molar-refractivity contribution in [3.05, 3.63) is 259 Å². The third kappa shape index (κ3) is 10.7. The molecule has 0 radical (unpaired) electrons. The molecule has 7 aromatic carbocycles. The number of aromatic nitrogens is 8. The van der Waals surface area contributed by atoms with E-state index in [1.54, 1.807) is 0 Å². The number of hydrogen-bond acceptors (Lipinski definition) is 0. The van der Waals surface area contributed by atoms with Crippen molar-refractivity contribution in [2.75, 3.05) is 0 Å². The Morgan fingerprint density at radius 3 is 1.05 bits per heavy atom. The summed E-state index contributed by atoms with van der Waals surface area (Å²) in [5, 5.41) is 0. The molecule has 15 rings (SSSR count). The second-order valence-electron chi connectivity index (χ2n) is 35.1. The lowest BCUT2D eigenvalue weighted by Crippen LogP contribution is -2.58. The van der Waals surface area contributed by atoms with Gasteiger partial charge >= 0.3 is 0 Å². The fraction of sp³-hybridized carbons (Fsp3) is 0.419. The monoisotopic (exact) mass is 1350 g/mol.